The SMILES string of the molecule is COC(=O)c1cc2ccc1CCc1ccc(cc1-c1ccccc1OC)CC2. The van der Waals surface area contributed by atoms with Gasteiger partial charge in [-0.15, -0.1) is 0 Å². The zero-order valence-electron chi connectivity index (χ0n) is 16.3. The Bertz CT molecular complexity index is 1020. The number of esters is 1. The molecule has 0 spiro atoms. The second-order valence-electron chi connectivity index (χ2n) is 7.17. The molecule has 0 unspecified atom stereocenters. The molecule has 0 radical (unpaired) electrons. The molecule has 3 heteroatoms. The van der Waals surface area contributed by atoms with Gasteiger partial charge < -0.3 is 9.47 Å². The first-order valence-electron chi connectivity index (χ1n) is 9.65. The third-order valence-corrected chi connectivity index (χ3v) is 5.52. The lowest BCUT2D eigenvalue weighted by atomic mass is 9.88. The highest BCUT2D eigenvalue weighted by Crippen LogP contribution is 2.34. The van der Waals surface area contributed by atoms with Crippen molar-refractivity contribution in [2.24, 2.45) is 0 Å². The molecule has 4 bridgehead atoms. The summed E-state index contributed by atoms with van der Waals surface area (Å²) < 4.78 is 10.6. The third kappa shape index (κ3) is 3.53. The predicted octanol–water partition coefficient (Wildman–Crippen LogP) is 5.03. The first-order valence-corrected chi connectivity index (χ1v) is 9.65. The van der Waals surface area contributed by atoms with Crippen molar-refractivity contribution in [1.29, 1.82) is 0 Å². The zero-order valence-corrected chi connectivity index (χ0v) is 16.3. The highest BCUT2D eigenvalue weighted by Gasteiger charge is 2.17. The van der Waals surface area contributed by atoms with Gasteiger partial charge in [-0.25, -0.2) is 4.79 Å². The fourth-order valence-corrected chi connectivity index (χ4v) is 3.97. The van der Waals surface area contributed by atoms with E-state index in [1.807, 2.05) is 24.3 Å². The van der Waals surface area contributed by atoms with E-state index in [0.29, 0.717) is 5.56 Å². The molecule has 142 valence electrons. The van der Waals surface area contributed by atoms with Gasteiger partial charge in [-0.2, -0.15) is 0 Å². The summed E-state index contributed by atoms with van der Waals surface area (Å²) in [6.45, 7) is 0. The van der Waals surface area contributed by atoms with Gasteiger partial charge >= 0.3 is 5.97 Å². The predicted molar refractivity (Wildman–Crippen MR) is 111 cm³/mol. The fraction of sp³-hybridized carbons (Fsp3) is 0.240. The normalized spacial score (nSPS) is 12.9. The maximum Gasteiger partial charge on any atom is 0.338 e. The molecule has 0 heterocycles. The summed E-state index contributed by atoms with van der Waals surface area (Å²) in [5.74, 6) is 0.624. The number of rotatable bonds is 3. The van der Waals surface area contributed by atoms with Crippen molar-refractivity contribution >= 4 is 5.97 Å². The van der Waals surface area contributed by atoms with Gasteiger partial charge in [-0.3, -0.25) is 0 Å². The molecule has 3 nitrogen and oxygen atoms in total. The van der Waals surface area contributed by atoms with Crippen LogP contribution in [0.25, 0.3) is 11.1 Å². The molecule has 0 aromatic heterocycles. The lowest BCUT2D eigenvalue weighted by Gasteiger charge is -2.17. The second kappa shape index (κ2) is 7.89. The van der Waals surface area contributed by atoms with Crippen LogP contribution >= 0.6 is 0 Å². The van der Waals surface area contributed by atoms with Gasteiger partial charge in [0.25, 0.3) is 0 Å². The number of hydrogen-bond acceptors (Lipinski definition) is 3. The quantitative estimate of drug-likeness (QED) is 0.605. The molecule has 7 rings (SSSR count). The summed E-state index contributed by atoms with van der Waals surface area (Å²) in [4.78, 5) is 12.3. The van der Waals surface area contributed by atoms with Crippen LogP contribution in [0.1, 0.15) is 32.6 Å². The Morgan fingerprint density at radius 3 is 2.18 bits per heavy atom. The Balaban J connectivity index is 1.80. The topological polar surface area (TPSA) is 35.5 Å². The van der Waals surface area contributed by atoms with E-state index in [1.54, 1.807) is 7.11 Å². The molecule has 3 aromatic rings. The molecule has 0 atom stereocenters. The summed E-state index contributed by atoms with van der Waals surface area (Å²) in [5.41, 5.74) is 7.75. The number of benzene rings is 3. The molecule has 0 saturated heterocycles. The van der Waals surface area contributed by atoms with Crippen molar-refractivity contribution in [2.75, 3.05) is 14.2 Å². The van der Waals surface area contributed by atoms with Gasteiger partial charge in [0, 0.05) is 5.56 Å². The minimum Gasteiger partial charge on any atom is -0.496 e. The average Bonchev–Trinajstić information content (AvgIpc) is 2.74. The number of aryl methyl sites for hydroxylation is 4. The number of methoxy groups -OCH3 is 2. The van der Waals surface area contributed by atoms with E-state index in [9.17, 15) is 4.79 Å². The van der Waals surface area contributed by atoms with Crippen molar-refractivity contribution < 1.29 is 14.3 Å². The van der Waals surface area contributed by atoms with E-state index in [1.165, 1.54) is 23.8 Å². The first-order chi connectivity index (χ1) is 13.7. The molecular weight excluding hydrogens is 348 g/mol. The van der Waals surface area contributed by atoms with Gasteiger partial charge in [0.05, 0.1) is 19.8 Å². The lowest BCUT2D eigenvalue weighted by Crippen LogP contribution is -2.09. The summed E-state index contributed by atoms with van der Waals surface area (Å²) in [5, 5.41) is 0. The van der Waals surface area contributed by atoms with Crippen LogP contribution in [0.2, 0.25) is 0 Å². The van der Waals surface area contributed by atoms with Crippen LogP contribution in [-0.4, -0.2) is 20.2 Å². The fourth-order valence-electron chi connectivity index (χ4n) is 3.97. The number of carbonyl (C=O) groups is 1. The third-order valence-electron chi connectivity index (χ3n) is 5.52. The number of ether oxygens (including phenoxy) is 2. The summed E-state index contributed by atoms with van der Waals surface area (Å²) in [7, 11) is 3.16. The van der Waals surface area contributed by atoms with Crippen molar-refractivity contribution in [1.82, 2.24) is 0 Å². The molecule has 0 N–H and O–H groups in total. The number of para-hydroxylation sites is 1. The highest BCUT2D eigenvalue weighted by atomic mass is 16.5. The first kappa shape index (κ1) is 18.3. The van der Waals surface area contributed by atoms with E-state index in [-0.39, 0.29) is 5.97 Å². The van der Waals surface area contributed by atoms with Gasteiger partial charge in [-0.05, 0) is 65.6 Å². The highest BCUT2D eigenvalue weighted by molar-refractivity contribution is 5.91. The summed E-state index contributed by atoms with van der Waals surface area (Å²) in [6, 6.07) is 21.1. The maximum absolute atomic E-state index is 12.3. The average molecular weight is 372 g/mol. The molecule has 3 aromatic carbocycles. The number of hydrogen-bond donors (Lipinski definition) is 0. The van der Waals surface area contributed by atoms with Gasteiger partial charge in [0.15, 0.2) is 0 Å². The van der Waals surface area contributed by atoms with E-state index < -0.39 is 0 Å². The summed E-state index contributed by atoms with van der Waals surface area (Å²) >= 11 is 0. The summed E-state index contributed by atoms with van der Waals surface area (Å²) in [6.07, 6.45) is 3.43. The standard InChI is InChI=1S/C25H24O3/c1-27-24-6-4-3-5-21(24)22-15-17-7-8-18-10-12-20(14-13-19(22)11-9-17)23(16-18)25(26)28-2/h3-6,9-12,15-16H,7-8,13-14H2,1-2H3. The Hall–Kier alpha value is -3.07. The van der Waals surface area contributed by atoms with Crippen LogP contribution in [0.4, 0.5) is 0 Å². The maximum atomic E-state index is 12.3. The van der Waals surface area contributed by atoms with Crippen molar-refractivity contribution in [3.63, 3.8) is 0 Å². The Morgan fingerprint density at radius 1 is 0.750 bits per heavy atom. The molecule has 0 fully saturated rings. The minimum absolute atomic E-state index is 0.257. The largest absolute Gasteiger partial charge is 0.496 e. The van der Waals surface area contributed by atoms with Gasteiger partial charge in [0.1, 0.15) is 5.75 Å². The van der Waals surface area contributed by atoms with E-state index in [2.05, 4.69) is 36.4 Å². The zero-order chi connectivity index (χ0) is 19.5. The Kier molecular flexibility index (Phi) is 5.16. The molecular formula is C25H24O3. The monoisotopic (exact) mass is 372 g/mol. The molecule has 28 heavy (non-hydrogen) atoms. The lowest BCUT2D eigenvalue weighted by molar-refractivity contribution is 0.0599. The second-order valence-corrected chi connectivity index (χ2v) is 7.17. The van der Waals surface area contributed by atoms with Crippen LogP contribution < -0.4 is 4.74 Å². The van der Waals surface area contributed by atoms with E-state index in [4.69, 9.17) is 9.47 Å². The van der Waals surface area contributed by atoms with E-state index >= 15 is 0 Å². The van der Waals surface area contributed by atoms with Crippen molar-refractivity contribution in [2.45, 2.75) is 25.7 Å². The van der Waals surface area contributed by atoms with Crippen LogP contribution in [0.3, 0.4) is 0 Å². The van der Waals surface area contributed by atoms with Crippen LogP contribution in [-0.2, 0) is 30.4 Å². The van der Waals surface area contributed by atoms with Crippen LogP contribution in [0.5, 0.6) is 5.75 Å². The van der Waals surface area contributed by atoms with Crippen LogP contribution in [0.15, 0.2) is 60.7 Å². The molecule has 0 amide bonds. The van der Waals surface area contributed by atoms with Gasteiger partial charge in [-0.1, -0.05) is 48.5 Å². The molecule has 0 aliphatic heterocycles. The van der Waals surface area contributed by atoms with E-state index in [0.717, 1.165) is 48.1 Å². The van der Waals surface area contributed by atoms with Crippen LogP contribution in [0, 0.1) is 0 Å². The van der Waals surface area contributed by atoms with Crippen molar-refractivity contribution in [3.05, 3.63) is 88.5 Å². The smallest absolute Gasteiger partial charge is 0.338 e. The van der Waals surface area contributed by atoms with Crippen molar-refractivity contribution in [3.8, 4) is 16.9 Å². The molecule has 4 aliphatic carbocycles. The Morgan fingerprint density at radius 2 is 1.43 bits per heavy atom. The molecule has 4 aliphatic rings. The number of carbonyl (C=O) groups excluding carboxylic acids is 1. The minimum atomic E-state index is -0.257. The Labute approximate surface area is 165 Å². The van der Waals surface area contributed by atoms with Gasteiger partial charge in [0.2, 0.25) is 0 Å². The molecule has 0 saturated carbocycles.